The summed E-state index contributed by atoms with van der Waals surface area (Å²) in [5, 5.41) is 2.74. The Kier molecular flexibility index (Phi) is 7.75. The van der Waals surface area contributed by atoms with Crippen molar-refractivity contribution in [3.63, 3.8) is 0 Å². The molecule has 1 rings (SSSR count). The van der Waals surface area contributed by atoms with Crippen molar-refractivity contribution in [1.29, 1.82) is 0 Å². The molecule has 0 aromatic heterocycles. The van der Waals surface area contributed by atoms with E-state index in [1.165, 1.54) is 0 Å². The Morgan fingerprint density at radius 3 is 2.26 bits per heavy atom. The molecule has 0 heterocycles. The molecule has 0 aliphatic rings. The van der Waals surface area contributed by atoms with Crippen LogP contribution in [0.15, 0.2) is 30.3 Å². The number of nitrogens with two attached hydrogens (primary N) is 1. The van der Waals surface area contributed by atoms with Gasteiger partial charge in [0.1, 0.15) is 6.04 Å². The summed E-state index contributed by atoms with van der Waals surface area (Å²) in [5.74, 6) is -0.487. The van der Waals surface area contributed by atoms with Crippen LogP contribution in [-0.2, 0) is 20.7 Å². The molecule has 128 valence electrons. The molecule has 0 bridgehead atoms. The first-order valence-corrected chi connectivity index (χ1v) is 8.10. The molecule has 0 spiro atoms. The summed E-state index contributed by atoms with van der Waals surface area (Å²) in [6.45, 7) is 7.55. The highest BCUT2D eigenvalue weighted by Crippen LogP contribution is 2.09. The molecule has 1 amide bonds. The largest absolute Gasteiger partial charge is 0.461 e. The molecule has 0 aliphatic heterocycles. The van der Waals surface area contributed by atoms with Crippen LogP contribution >= 0.6 is 0 Å². The van der Waals surface area contributed by atoms with Gasteiger partial charge in [-0.25, -0.2) is 4.79 Å². The number of hydrogen-bond acceptors (Lipinski definition) is 4. The Hall–Kier alpha value is -1.88. The third-order valence-electron chi connectivity index (χ3n) is 3.30. The van der Waals surface area contributed by atoms with E-state index in [4.69, 9.17) is 10.5 Å². The molecule has 3 N–H and O–H groups in total. The number of carbonyl (C=O) groups excluding carboxylic acids is 2. The van der Waals surface area contributed by atoms with E-state index in [2.05, 4.69) is 5.32 Å². The van der Waals surface area contributed by atoms with Crippen LogP contribution in [-0.4, -0.2) is 30.1 Å². The highest BCUT2D eigenvalue weighted by molar-refractivity contribution is 5.87. The minimum absolute atomic E-state index is 0.216. The fourth-order valence-electron chi connectivity index (χ4n) is 2.24. The smallest absolute Gasteiger partial charge is 0.328 e. The van der Waals surface area contributed by atoms with Gasteiger partial charge in [-0.2, -0.15) is 0 Å². The molecular weight excluding hydrogens is 292 g/mol. The monoisotopic (exact) mass is 320 g/mol. The minimum atomic E-state index is -0.695. The lowest BCUT2D eigenvalue weighted by Crippen LogP contribution is -2.50. The topological polar surface area (TPSA) is 81.4 Å². The van der Waals surface area contributed by atoms with Gasteiger partial charge in [0.05, 0.1) is 12.1 Å². The van der Waals surface area contributed by atoms with Gasteiger partial charge in [0.25, 0.3) is 0 Å². The third kappa shape index (κ3) is 7.28. The average molecular weight is 320 g/mol. The first-order chi connectivity index (χ1) is 10.8. The normalized spacial score (nSPS) is 13.7. The minimum Gasteiger partial charge on any atom is -0.461 e. The van der Waals surface area contributed by atoms with E-state index >= 15 is 0 Å². The lowest BCUT2D eigenvalue weighted by atomic mass is 10.0. The molecular formula is C18H28N2O3. The summed E-state index contributed by atoms with van der Waals surface area (Å²) in [5.41, 5.74) is 6.95. The Bertz CT molecular complexity index is 500. The zero-order valence-electron chi connectivity index (χ0n) is 14.4. The molecule has 5 nitrogen and oxygen atoms in total. The highest BCUT2D eigenvalue weighted by Gasteiger charge is 2.26. The fourth-order valence-corrected chi connectivity index (χ4v) is 2.24. The Morgan fingerprint density at radius 1 is 1.13 bits per heavy atom. The van der Waals surface area contributed by atoms with Crippen molar-refractivity contribution < 1.29 is 14.3 Å². The molecule has 0 fully saturated rings. The van der Waals surface area contributed by atoms with Crippen molar-refractivity contribution in [1.82, 2.24) is 5.32 Å². The zero-order chi connectivity index (χ0) is 17.4. The summed E-state index contributed by atoms with van der Waals surface area (Å²) in [6, 6.07) is 8.21. The van der Waals surface area contributed by atoms with Gasteiger partial charge in [-0.1, -0.05) is 44.2 Å². The summed E-state index contributed by atoms with van der Waals surface area (Å²) in [4.78, 5) is 24.4. The van der Waals surface area contributed by atoms with Crippen LogP contribution in [0.5, 0.6) is 0 Å². The number of amides is 1. The molecule has 0 radical (unpaired) electrons. The van der Waals surface area contributed by atoms with Crippen molar-refractivity contribution in [2.75, 3.05) is 0 Å². The Balaban J connectivity index is 2.66. The van der Waals surface area contributed by atoms with Gasteiger partial charge >= 0.3 is 5.97 Å². The maximum Gasteiger partial charge on any atom is 0.328 e. The van der Waals surface area contributed by atoms with E-state index in [9.17, 15) is 9.59 Å². The average Bonchev–Trinajstić information content (AvgIpc) is 2.46. The van der Waals surface area contributed by atoms with Gasteiger partial charge in [-0.15, -0.1) is 0 Å². The number of benzene rings is 1. The number of ether oxygens (including phenoxy) is 1. The number of nitrogens with one attached hydrogen (secondary N) is 1. The molecule has 23 heavy (non-hydrogen) atoms. The number of carbonyl (C=O) groups is 2. The predicted octanol–water partition coefficient (Wildman–Crippen LogP) is 2.04. The van der Waals surface area contributed by atoms with Gasteiger partial charge in [0.2, 0.25) is 5.91 Å². The zero-order valence-corrected chi connectivity index (χ0v) is 14.4. The van der Waals surface area contributed by atoms with E-state index in [0.717, 1.165) is 5.56 Å². The second kappa shape index (κ2) is 9.30. The predicted molar refractivity (Wildman–Crippen MR) is 90.7 cm³/mol. The first-order valence-electron chi connectivity index (χ1n) is 8.10. The molecule has 5 heteroatoms. The molecule has 1 aromatic rings. The summed E-state index contributed by atoms with van der Waals surface area (Å²) in [7, 11) is 0. The summed E-state index contributed by atoms with van der Waals surface area (Å²) < 4.78 is 5.22. The van der Waals surface area contributed by atoms with Crippen molar-refractivity contribution in [3.05, 3.63) is 35.9 Å². The molecule has 1 aromatic carbocycles. The van der Waals surface area contributed by atoms with E-state index in [1.54, 1.807) is 13.8 Å². The number of esters is 1. The van der Waals surface area contributed by atoms with Gasteiger partial charge in [0.15, 0.2) is 0 Å². The molecule has 0 unspecified atom stereocenters. The van der Waals surface area contributed by atoms with Crippen LogP contribution in [0.2, 0.25) is 0 Å². The van der Waals surface area contributed by atoms with E-state index in [1.807, 2.05) is 44.2 Å². The van der Waals surface area contributed by atoms with E-state index in [-0.39, 0.29) is 17.9 Å². The molecule has 0 aliphatic carbocycles. The van der Waals surface area contributed by atoms with Gasteiger partial charge < -0.3 is 15.8 Å². The van der Waals surface area contributed by atoms with Crippen molar-refractivity contribution in [3.8, 4) is 0 Å². The van der Waals surface area contributed by atoms with E-state index in [0.29, 0.717) is 12.8 Å². The van der Waals surface area contributed by atoms with Crippen LogP contribution in [0, 0.1) is 5.92 Å². The van der Waals surface area contributed by atoms with Gasteiger partial charge in [-0.05, 0) is 38.2 Å². The van der Waals surface area contributed by atoms with Crippen LogP contribution in [0.3, 0.4) is 0 Å². The van der Waals surface area contributed by atoms with E-state index < -0.39 is 18.1 Å². The Morgan fingerprint density at radius 2 is 1.74 bits per heavy atom. The van der Waals surface area contributed by atoms with Crippen molar-refractivity contribution in [2.45, 2.75) is 58.7 Å². The lowest BCUT2D eigenvalue weighted by Gasteiger charge is -2.22. The van der Waals surface area contributed by atoms with Crippen molar-refractivity contribution >= 4 is 11.9 Å². The van der Waals surface area contributed by atoms with Crippen LogP contribution < -0.4 is 11.1 Å². The Labute approximate surface area is 138 Å². The second-order valence-electron chi connectivity index (χ2n) is 6.47. The first kappa shape index (κ1) is 19.2. The summed E-state index contributed by atoms with van der Waals surface area (Å²) in [6.07, 6.45) is 0.738. The quantitative estimate of drug-likeness (QED) is 0.718. The number of rotatable bonds is 8. The maximum absolute atomic E-state index is 12.3. The lowest BCUT2D eigenvalue weighted by molar-refractivity contribution is -0.152. The summed E-state index contributed by atoms with van der Waals surface area (Å²) >= 11 is 0. The molecule has 2 atom stereocenters. The number of hydrogen-bond donors (Lipinski definition) is 2. The maximum atomic E-state index is 12.3. The SMILES string of the molecule is CC(C)C[C@H](NC(=O)[C@@H](N)Cc1ccccc1)C(=O)OC(C)C. The molecule has 0 saturated carbocycles. The van der Waals surface area contributed by atoms with Crippen LogP contribution in [0.4, 0.5) is 0 Å². The third-order valence-corrected chi connectivity index (χ3v) is 3.30. The van der Waals surface area contributed by atoms with Gasteiger partial charge in [0, 0.05) is 0 Å². The van der Waals surface area contributed by atoms with Crippen LogP contribution in [0.25, 0.3) is 0 Å². The highest BCUT2D eigenvalue weighted by atomic mass is 16.5. The van der Waals surface area contributed by atoms with Crippen molar-refractivity contribution in [2.24, 2.45) is 11.7 Å². The standard InChI is InChI=1S/C18H28N2O3/c1-12(2)10-16(18(22)23-13(3)4)20-17(21)15(19)11-14-8-6-5-7-9-14/h5-9,12-13,15-16H,10-11,19H2,1-4H3,(H,20,21)/t15-,16-/m0/s1. The second-order valence-corrected chi connectivity index (χ2v) is 6.47. The molecule has 0 saturated heterocycles. The fraction of sp³-hybridized carbons (Fsp3) is 0.556. The van der Waals surface area contributed by atoms with Gasteiger partial charge in [-0.3, -0.25) is 4.79 Å². The van der Waals surface area contributed by atoms with Crippen LogP contribution in [0.1, 0.15) is 39.7 Å².